The summed E-state index contributed by atoms with van der Waals surface area (Å²) in [5.74, 6) is 0.0518. The quantitative estimate of drug-likeness (QED) is 0.333. The summed E-state index contributed by atoms with van der Waals surface area (Å²) < 4.78 is 43.4. The van der Waals surface area contributed by atoms with Gasteiger partial charge >= 0.3 is 12.2 Å². The van der Waals surface area contributed by atoms with E-state index in [-0.39, 0.29) is 23.2 Å². The number of hydrogen-bond acceptors (Lipinski definition) is 8. The molecule has 1 aliphatic carbocycles. The topological polar surface area (TPSA) is 104 Å². The molecule has 1 unspecified atom stereocenters. The highest BCUT2D eigenvalue weighted by Crippen LogP contribution is 2.48. The van der Waals surface area contributed by atoms with E-state index in [1.165, 1.54) is 0 Å². The fourth-order valence-corrected chi connectivity index (χ4v) is 5.66. The minimum absolute atomic E-state index is 0.000810. The van der Waals surface area contributed by atoms with Crippen LogP contribution in [-0.4, -0.2) is 64.7 Å². The standard InChI is InChI=1S/C28H29ClF3N7O2/c29-20-5-3-19(4-6-20)27(9-10-27)38-24-35-23(36-25(37-24)41-17-28(30,31)32)34-21-7-1-18(2-8-21)22(40)39-14-12-26(16-39)11-13-33-15-26/h1-8,33H,9-17H2,(H2,34,35,36,37,38). The fourth-order valence-electron chi connectivity index (χ4n) is 5.53. The smallest absolute Gasteiger partial charge is 0.422 e. The largest absolute Gasteiger partial charge is 0.454 e. The molecule has 3 heterocycles. The summed E-state index contributed by atoms with van der Waals surface area (Å²) >= 11 is 6.02. The molecule has 3 fully saturated rings. The lowest BCUT2D eigenvalue weighted by atomic mass is 9.86. The average Bonchev–Trinajstić information content (AvgIpc) is 3.37. The van der Waals surface area contributed by atoms with Crippen LogP contribution in [0.15, 0.2) is 48.5 Å². The van der Waals surface area contributed by atoms with Gasteiger partial charge in [-0.15, -0.1) is 0 Å². The fraction of sp³-hybridized carbons (Fsp3) is 0.429. The maximum Gasteiger partial charge on any atom is 0.422 e. The van der Waals surface area contributed by atoms with Gasteiger partial charge in [-0.3, -0.25) is 4.79 Å². The van der Waals surface area contributed by atoms with Gasteiger partial charge in [0.2, 0.25) is 11.9 Å². The third-order valence-electron chi connectivity index (χ3n) is 7.92. The second kappa shape index (κ2) is 10.6. The summed E-state index contributed by atoms with van der Waals surface area (Å²) in [5, 5.41) is 10.2. The molecular formula is C28H29ClF3N7O2. The van der Waals surface area contributed by atoms with E-state index in [0.717, 1.165) is 57.4 Å². The Morgan fingerprint density at radius 3 is 2.39 bits per heavy atom. The first kappa shape index (κ1) is 27.5. The van der Waals surface area contributed by atoms with Crippen molar-refractivity contribution in [1.29, 1.82) is 0 Å². The Hall–Kier alpha value is -3.64. The number of carbonyl (C=O) groups excluding carboxylic acids is 1. The molecule has 13 heteroatoms. The minimum Gasteiger partial charge on any atom is -0.454 e. The number of alkyl halides is 3. The highest BCUT2D eigenvalue weighted by atomic mass is 35.5. The third-order valence-corrected chi connectivity index (χ3v) is 8.18. The van der Waals surface area contributed by atoms with Gasteiger partial charge in [0.1, 0.15) is 0 Å². The third kappa shape index (κ3) is 6.33. The number of rotatable bonds is 8. The maximum atomic E-state index is 13.1. The number of anilines is 3. The monoisotopic (exact) mass is 587 g/mol. The van der Waals surface area contributed by atoms with Gasteiger partial charge in [-0.1, -0.05) is 23.7 Å². The lowest BCUT2D eigenvalue weighted by molar-refractivity contribution is -0.154. The summed E-state index contributed by atoms with van der Waals surface area (Å²) in [6.45, 7) is 1.87. The first-order chi connectivity index (χ1) is 19.6. The molecule has 0 radical (unpaired) electrons. The molecule has 2 aromatic carbocycles. The Labute approximate surface area is 239 Å². The van der Waals surface area contributed by atoms with Crippen molar-refractivity contribution in [1.82, 2.24) is 25.2 Å². The predicted octanol–water partition coefficient (Wildman–Crippen LogP) is 5.14. The van der Waals surface area contributed by atoms with Crippen LogP contribution in [0, 0.1) is 5.41 Å². The van der Waals surface area contributed by atoms with Gasteiger partial charge in [-0.05, 0) is 74.2 Å². The summed E-state index contributed by atoms with van der Waals surface area (Å²) in [7, 11) is 0. The lowest BCUT2D eigenvalue weighted by Crippen LogP contribution is -2.33. The Morgan fingerprint density at radius 1 is 1.00 bits per heavy atom. The Morgan fingerprint density at radius 2 is 1.73 bits per heavy atom. The van der Waals surface area contributed by atoms with Gasteiger partial charge in [0.15, 0.2) is 6.61 Å². The molecule has 3 aromatic rings. The molecule has 0 bridgehead atoms. The summed E-state index contributed by atoms with van der Waals surface area (Å²) in [6.07, 6.45) is -0.907. The van der Waals surface area contributed by atoms with E-state index in [1.807, 2.05) is 17.0 Å². The predicted molar refractivity (Wildman–Crippen MR) is 148 cm³/mol. The van der Waals surface area contributed by atoms with Gasteiger partial charge < -0.3 is 25.6 Å². The first-order valence-electron chi connectivity index (χ1n) is 13.5. The Bertz CT molecular complexity index is 1410. The van der Waals surface area contributed by atoms with Crippen LogP contribution in [0.25, 0.3) is 0 Å². The Kier molecular flexibility index (Phi) is 7.14. The number of nitrogens with zero attached hydrogens (tertiary/aromatic N) is 4. The number of amides is 1. The molecule has 2 saturated heterocycles. The van der Waals surface area contributed by atoms with E-state index < -0.39 is 24.3 Å². The molecule has 1 aromatic heterocycles. The molecule has 3 aliphatic rings. The van der Waals surface area contributed by atoms with Crippen molar-refractivity contribution in [2.24, 2.45) is 5.41 Å². The van der Waals surface area contributed by atoms with Crippen LogP contribution in [-0.2, 0) is 5.54 Å². The van der Waals surface area contributed by atoms with Gasteiger partial charge in [0, 0.05) is 41.3 Å². The van der Waals surface area contributed by atoms with Gasteiger partial charge in [0.25, 0.3) is 5.91 Å². The number of benzene rings is 2. The van der Waals surface area contributed by atoms with E-state index in [0.29, 0.717) is 16.3 Å². The molecule has 9 nitrogen and oxygen atoms in total. The zero-order valence-electron chi connectivity index (χ0n) is 22.1. The summed E-state index contributed by atoms with van der Waals surface area (Å²) in [6, 6.07) is 13.7. The average molecular weight is 588 g/mol. The van der Waals surface area contributed by atoms with Crippen molar-refractivity contribution in [3.8, 4) is 6.01 Å². The van der Waals surface area contributed by atoms with E-state index in [4.69, 9.17) is 16.3 Å². The second-order valence-electron chi connectivity index (χ2n) is 11.0. The van der Waals surface area contributed by atoms with E-state index in [2.05, 4.69) is 30.9 Å². The van der Waals surface area contributed by atoms with Crippen LogP contribution in [0.4, 0.5) is 30.8 Å². The van der Waals surface area contributed by atoms with Crippen LogP contribution in [0.1, 0.15) is 41.6 Å². The van der Waals surface area contributed by atoms with Gasteiger partial charge in [-0.2, -0.15) is 28.1 Å². The molecular weight excluding hydrogens is 559 g/mol. The summed E-state index contributed by atoms with van der Waals surface area (Å²) in [5.41, 5.74) is 1.79. The van der Waals surface area contributed by atoms with E-state index in [1.54, 1.807) is 36.4 Å². The number of nitrogens with one attached hydrogen (secondary N) is 3. The van der Waals surface area contributed by atoms with E-state index >= 15 is 0 Å². The molecule has 6 rings (SSSR count). The van der Waals surface area contributed by atoms with Crippen molar-refractivity contribution in [3.05, 3.63) is 64.7 Å². The lowest BCUT2D eigenvalue weighted by Gasteiger charge is -2.22. The van der Waals surface area contributed by atoms with Crippen LogP contribution in [0.2, 0.25) is 5.02 Å². The molecule has 216 valence electrons. The van der Waals surface area contributed by atoms with Crippen LogP contribution in [0.5, 0.6) is 6.01 Å². The van der Waals surface area contributed by atoms with Crippen molar-refractivity contribution < 1.29 is 22.7 Å². The summed E-state index contributed by atoms with van der Waals surface area (Å²) in [4.78, 5) is 27.5. The molecule has 1 atom stereocenters. The molecule has 41 heavy (non-hydrogen) atoms. The zero-order chi connectivity index (χ0) is 28.7. The van der Waals surface area contributed by atoms with Gasteiger partial charge in [-0.25, -0.2) is 0 Å². The normalized spacial score (nSPS) is 21.2. The maximum absolute atomic E-state index is 13.1. The molecule has 1 saturated carbocycles. The number of likely N-dealkylation sites (tertiary alicyclic amines) is 1. The Balaban J connectivity index is 1.18. The molecule has 1 spiro atoms. The highest BCUT2D eigenvalue weighted by Gasteiger charge is 2.45. The molecule has 1 amide bonds. The molecule has 3 N–H and O–H groups in total. The van der Waals surface area contributed by atoms with E-state index in [9.17, 15) is 18.0 Å². The SMILES string of the molecule is O=C(c1ccc(Nc2nc(NC3(c4ccc(Cl)cc4)CC3)nc(OCC(F)(F)F)n2)cc1)N1CCC2(CCNC2)C1. The highest BCUT2D eigenvalue weighted by molar-refractivity contribution is 6.30. The van der Waals surface area contributed by atoms with Crippen molar-refractivity contribution in [2.75, 3.05) is 43.4 Å². The number of aromatic nitrogens is 3. The number of ether oxygens (including phenoxy) is 1. The first-order valence-corrected chi connectivity index (χ1v) is 13.9. The van der Waals surface area contributed by atoms with Crippen molar-refractivity contribution in [3.63, 3.8) is 0 Å². The second-order valence-corrected chi connectivity index (χ2v) is 11.4. The number of halogens is 4. The van der Waals surface area contributed by atoms with Crippen LogP contribution in [0.3, 0.4) is 0 Å². The van der Waals surface area contributed by atoms with Crippen LogP contribution < -0.4 is 20.7 Å². The van der Waals surface area contributed by atoms with Gasteiger partial charge in [0.05, 0.1) is 5.54 Å². The zero-order valence-corrected chi connectivity index (χ0v) is 22.9. The number of hydrogen-bond donors (Lipinski definition) is 3. The number of carbonyl (C=O) groups is 1. The van der Waals surface area contributed by atoms with Crippen LogP contribution >= 0.6 is 11.6 Å². The molecule has 2 aliphatic heterocycles. The van der Waals surface area contributed by atoms with Crippen molar-refractivity contribution >= 4 is 35.1 Å². The minimum atomic E-state index is -4.56. The van der Waals surface area contributed by atoms with Crippen molar-refractivity contribution in [2.45, 2.75) is 37.4 Å².